The molecule has 0 aliphatic carbocycles. The van der Waals surface area contributed by atoms with Gasteiger partial charge in [0.1, 0.15) is 12.2 Å². The lowest BCUT2D eigenvalue weighted by Gasteiger charge is -2.37. The van der Waals surface area contributed by atoms with Crippen molar-refractivity contribution in [3.8, 4) is 17.1 Å². The van der Waals surface area contributed by atoms with Gasteiger partial charge in [-0.3, -0.25) is 4.57 Å². The van der Waals surface area contributed by atoms with Gasteiger partial charge >= 0.3 is 0 Å². The maximum absolute atomic E-state index is 6.61. The molecule has 3 heterocycles. The molecular weight excluding hydrogens is 515 g/mol. The van der Waals surface area contributed by atoms with Crippen LogP contribution in [0.1, 0.15) is 0 Å². The summed E-state index contributed by atoms with van der Waals surface area (Å²) in [6.07, 6.45) is 1.60. The summed E-state index contributed by atoms with van der Waals surface area (Å²) in [5.41, 5.74) is 4.21. The summed E-state index contributed by atoms with van der Waals surface area (Å²) >= 11 is 19.2. The summed E-state index contributed by atoms with van der Waals surface area (Å²) in [6.45, 7) is 3.22. The lowest BCUT2D eigenvalue weighted by atomic mass is 10.2. The SMILES string of the molecule is Clc1ccc(-n2c(-c3ccccc3Cl)nc3c(N4CCN(c5ccccc5Cl)CC4)ncnc32)cc1. The van der Waals surface area contributed by atoms with Crippen LogP contribution in [0.2, 0.25) is 15.1 Å². The highest BCUT2D eigenvalue weighted by Crippen LogP contribution is 2.35. The summed E-state index contributed by atoms with van der Waals surface area (Å²) in [5.74, 6) is 1.51. The minimum absolute atomic E-state index is 0.617. The Morgan fingerprint density at radius 3 is 2.06 bits per heavy atom. The number of benzene rings is 3. The van der Waals surface area contributed by atoms with Crippen LogP contribution in [0, 0.1) is 0 Å². The highest BCUT2D eigenvalue weighted by atomic mass is 35.5. The zero-order valence-corrected chi connectivity index (χ0v) is 21.4. The molecule has 1 saturated heterocycles. The number of imidazole rings is 1. The van der Waals surface area contributed by atoms with E-state index < -0.39 is 0 Å². The van der Waals surface area contributed by atoms with E-state index in [-0.39, 0.29) is 0 Å². The average Bonchev–Trinajstić information content (AvgIpc) is 3.29. The molecule has 3 aromatic carbocycles. The van der Waals surface area contributed by atoms with Crippen LogP contribution in [0.4, 0.5) is 11.5 Å². The molecule has 180 valence electrons. The first-order valence-electron chi connectivity index (χ1n) is 11.6. The second-order valence-corrected chi connectivity index (χ2v) is 9.77. The number of rotatable bonds is 4. The Kier molecular flexibility index (Phi) is 6.17. The Balaban J connectivity index is 1.43. The number of hydrogen-bond acceptors (Lipinski definition) is 5. The van der Waals surface area contributed by atoms with Crippen molar-refractivity contribution in [1.82, 2.24) is 19.5 Å². The third kappa shape index (κ3) is 4.15. The van der Waals surface area contributed by atoms with E-state index >= 15 is 0 Å². The van der Waals surface area contributed by atoms with E-state index in [4.69, 9.17) is 39.8 Å². The summed E-state index contributed by atoms with van der Waals surface area (Å²) < 4.78 is 2.01. The summed E-state index contributed by atoms with van der Waals surface area (Å²) in [6, 6.07) is 23.3. The molecule has 0 atom stereocenters. The van der Waals surface area contributed by atoms with Gasteiger partial charge in [0.2, 0.25) is 0 Å². The predicted octanol–water partition coefficient (Wildman–Crippen LogP) is 6.77. The van der Waals surface area contributed by atoms with Crippen LogP contribution in [-0.2, 0) is 0 Å². The number of piperazine rings is 1. The second-order valence-electron chi connectivity index (χ2n) is 8.52. The van der Waals surface area contributed by atoms with Gasteiger partial charge < -0.3 is 9.80 Å². The Morgan fingerprint density at radius 1 is 0.667 bits per heavy atom. The molecule has 0 amide bonds. The van der Waals surface area contributed by atoms with E-state index in [0.717, 1.165) is 59.5 Å². The largest absolute Gasteiger partial charge is 0.367 e. The van der Waals surface area contributed by atoms with Crippen molar-refractivity contribution in [3.05, 3.63) is 94.2 Å². The van der Waals surface area contributed by atoms with Crippen molar-refractivity contribution in [2.24, 2.45) is 0 Å². The Hall–Kier alpha value is -3.32. The maximum atomic E-state index is 6.61. The van der Waals surface area contributed by atoms with Crippen LogP contribution in [0.25, 0.3) is 28.2 Å². The van der Waals surface area contributed by atoms with Gasteiger partial charge in [-0.05, 0) is 48.5 Å². The summed E-state index contributed by atoms with van der Waals surface area (Å²) in [5, 5.41) is 2.04. The topological polar surface area (TPSA) is 50.1 Å². The molecule has 0 spiro atoms. The molecule has 2 aromatic heterocycles. The lowest BCUT2D eigenvalue weighted by molar-refractivity contribution is 0.648. The van der Waals surface area contributed by atoms with Gasteiger partial charge in [-0.15, -0.1) is 0 Å². The number of fused-ring (bicyclic) bond motifs is 1. The first-order chi connectivity index (χ1) is 17.6. The molecule has 0 bridgehead atoms. The third-order valence-electron chi connectivity index (χ3n) is 6.40. The monoisotopic (exact) mass is 534 g/mol. The van der Waals surface area contributed by atoms with Crippen LogP contribution in [0.5, 0.6) is 0 Å². The van der Waals surface area contributed by atoms with Gasteiger partial charge in [0.05, 0.1) is 15.7 Å². The molecule has 0 saturated carbocycles. The van der Waals surface area contributed by atoms with Crippen LogP contribution in [0.3, 0.4) is 0 Å². The number of halogens is 3. The highest BCUT2D eigenvalue weighted by molar-refractivity contribution is 6.33. The lowest BCUT2D eigenvalue weighted by Crippen LogP contribution is -2.47. The molecule has 1 fully saturated rings. The van der Waals surface area contributed by atoms with Crippen LogP contribution in [-0.4, -0.2) is 45.7 Å². The zero-order chi connectivity index (χ0) is 24.6. The van der Waals surface area contributed by atoms with Crippen molar-refractivity contribution in [3.63, 3.8) is 0 Å². The Bertz CT molecular complexity index is 1540. The van der Waals surface area contributed by atoms with Crippen molar-refractivity contribution in [2.75, 3.05) is 36.0 Å². The Labute approximate surface area is 223 Å². The Morgan fingerprint density at radius 2 is 1.33 bits per heavy atom. The fraction of sp³-hybridized carbons (Fsp3) is 0.148. The van der Waals surface area contributed by atoms with Crippen LogP contribution >= 0.6 is 34.8 Å². The smallest absolute Gasteiger partial charge is 0.170 e. The van der Waals surface area contributed by atoms with E-state index in [0.29, 0.717) is 21.5 Å². The number of para-hydroxylation sites is 1. The molecule has 36 heavy (non-hydrogen) atoms. The number of aromatic nitrogens is 4. The fourth-order valence-electron chi connectivity index (χ4n) is 4.64. The summed E-state index contributed by atoms with van der Waals surface area (Å²) in [7, 11) is 0. The minimum Gasteiger partial charge on any atom is -0.367 e. The van der Waals surface area contributed by atoms with E-state index in [9.17, 15) is 0 Å². The molecule has 5 aromatic rings. The number of nitrogens with zero attached hydrogens (tertiary/aromatic N) is 6. The molecule has 9 heteroatoms. The number of hydrogen-bond donors (Lipinski definition) is 0. The predicted molar refractivity (Wildman–Crippen MR) is 148 cm³/mol. The molecule has 6 nitrogen and oxygen atoms in total. The highest BCUT2D eigenvalue weighted by Gasteiger charge is 2.25. The second kappa shape index (κ2) is 9.62. The van der Waals surface area contributed by atoms with E-state index in [1.165, 1.54) is 0 Å². The van der Waals surface area contributed by atoms with Crippen molar-refractivity contribution < 1.29 is 0 Å². The van der Waals surface area contributed by atoms with Gasteiger partial charge in [-0.2, -0.15) is 0 Å². The standard InChI is InChI=1S/C27H21Cl3N6/c28-18-9-11-19(12-10-18)36-25(20-5-1-2-6-21(20)29)33-24-26(31-17-32-27(24)36)35-15-13-34(14-16-35)23-8-4-3-7-22(23)30/h1-12,17H,13-16H2. The van der Waals surface area contributed by atoms with Crippen molar-refractivity contribution in [1.29, 1.82) is 0 Å². The van der Waals surface area contributed by atoms with E-state index in [1.807, 2.05) is 71.3 Å². The first-order valence-corrected chi connectivity index (χ1v) is 12.7. The number of anilines is 2. The molecule has 6 rings (SSSR count). The molecule has 1 aliphatic heterocycles. The average molecular weight is 536 g/mol. The van der Waals surface area contributed by atoms with Crippen LogP contribution in [0.15, 0.2) is 79.1 Å². The maximum Gasteiger partial charge on any atom is 0.170 e. The van der Waals surface area contributed by atoms with Crippen molar-refractivity contribution >= 4 is 57.5 Å². The molecule has 1 aliphatic rings. The molecule has 0 unspecified atom stereocenters. The normalized spacial score (nSPS) is 14.0. The molecule has 0 radical (unpaired) electrons. The molecular formula is C27H21Cl3N6. The van der Waals surface area contributed by atoms with Crippen LogP contribution < -0.4 is 9.80 Å². The first kappa shape index (κ1) is 23.1. The van der Waals surface area contributed by atoms with Gasteiger partial charge in [0.15, 0.2) is 17.0 Å². The van der Waals surface area contributed by atoms with Gasteiger partial charge in [-0.1, -0.05) is 59.1 Å². The minimum atomic E-state index is 0.617. The van der Waals surface area contributed by atoms with Crippen molar-refractivity contribution in [2.45, 2.75) is 0 Å². The molecule has 0 N–H and O–H groups in total. The van der Waals surface area contributed by atoms with Gasteiger partial charge in [-0.25, -0.2) is 15.0 Å². The summed E-state index contributed by atoms with van der Waals surface area (Å²) in [4.78, 5) is 18.9. The quantitative estimate of drug-likeness (QED) is 0.254. The zero-order valence-electron chi connectivity index (χ0n) is 19.2. The van der Waals surface area contributed by atoms with Gasteiger partial charge in [0.25, 0.3) is 0 Å². The van der Waals surface area contributed by atoms with E-state index in [1.54, 1.807) is 6.33 Å². The fourth-order valence-corrected chi connectivity index (χ4v) is 5.24. The van der Waals surface area contributed by atoms with E-state index in [2.05, 4.69) is 25.8 Å². The van der Waals surface area contributed by atoms with Gasteiger partial charge in [0, 0.05) is 42.5 Å². The third-order valence-corrected chi connectivity index (χ3v) is 7.30.